The van der Waals surface area contributed by atoms with E-state index in [0.29, 0.717) is 24.6 Å². The molecule has 0 aromatic carbocycles. The quantitative estimate of drug-likeness (QED) is 0.889. The summed E-state index contributed by atoms with van der Waals surface area (Å²) in [5.41, 5.74) is 5.64. The van der Waals surface area contributed by atoms with Crippen LogP contribution in [0, 0.1) is 5.92 Å². The van der Waals surface area contributed by atoms with E-state index in [1.807, 2.05) is 11.8 Å². The van der Waals surface area contributed by atoms with E-state index in [4.69, 9.17) is 10.5 Å². The van der Waals surface area contributed by atoms with Crippen molar-refractivity contribution in [3.63, 3.8) is 0 Å². The third-order valence-corrected chi connectivity index (χ3v) is 4.39. The van der Waals surface area contributed by atoms with Crippen LogP contribution in [0.15, 0.2) is 18.3 Å². The monoisotopic (exact) mass is 289 g/mol. The minimum atomic E-state index is -0.671. The van der Waals surface area contributed by atoms with Gasteiger partial charge in [0.25, 0.3) is 11.8 Å². The number of piperidine rings is 1. The topological polar surface area (TPSA) is 85.5 Å². The van der Waals surface area contributed by atoms with Crippen molar-refractivity contribution < 1.29 is 14.3 Å². The average molecular weight is 289 g/mol. The molecule has 3 atom stereocenters. The van der Waals surface area contributed by atoms with Crippen LogP contribution in [-0.4, -0.2) is 47.0 Å². The Kier molecular flexibility index (Phi) is 3.63. The predicted molar refractivity (Wildman–Crippen MR) is 75.7 cm³/mol. The van der Waals surface area contributed by atoms with E-state index in [0.717, 1.165) is 12.8 Å². The molecule has 1 saturated carbocycles. The Morgan fingerprint density at radius 2 is 2.29 bits per heavy atom. The summed E-state index contributed by atoms with van der Waals surface area (Å²) in [4.78, 5) is 29.8. The normalized spacial score (nSPS) is 27.1. The lowest BCUT2D eigenvalue weighted by molar-refractivity contribution is 0.00750. The summed E-state index contributed by atoms with van der Waals surface area (Å²) >= 11 is 0. The highest BCUT2D eigenvalue weighted by molar-refractivity contribution is 6.05. The number of aromatic nitrogens is 1. The van der Waals surface area contributed by atoms with Crippen molar-refractivity contribution in [2.45, 2.75) is 31.9 Å². The Morgan fingerprint density at radius 1 is 1.48 bits per heavy atom. The van der Waals surface area contributed by atoms with Gasteiger partial charge in [-0.25, -0.2) is 0 Å². The number of primary amides is 1. The van der Waals surface area contributed by atoms with Crippen LogP contribution in [0.4, 0.5) is 0 Å². The van der Waals surface area contributed by atoms with Crippen molar-refractivity contribution in [1.82, 2.24) is 9.88 Å². The highest BCUT2D eigenvalue weighted by Crippen LogP contribution is 2.40. The number of carbonyl (C=O) groups is 2. The molecule has 1 aromatic heterocycles. The van der Waals surface area contributed by atoms with Gasteiger partial charge in [0.15, 0.2) is 0 Å². The number of nitrogens with two attached hydrogens (primary N) is 1. The number of nitrogens with zero attached hydrogens (tertiary/aromatic N) is 2. The van der Waals surface area contributed by atoms with E-state index in [1.165, 1.54) is 6.20 Å². The van der Waals surface area contributed by atoms with Crippen LogP contribution in [0.5, 0.6) is 0 Å². The third kappa shape index (κ3) is 2.40. The first-order valence-electron chi connectivity index (χ1n) is 7.29. The summed E-state index contributed by atoms with van der Waals surface area (Å²) in [5, 5.41) is 0. The molecule has 2 amide bonds. The highest BCUT2D eigenvalue weighted by Gasteiger charge is 2.47. The molecule has 3 rings (SSSR count). The molecular formula is C15H19N3O3. The van der Waals surface area contributed by atoms with Gasteiger partial charge in [-0.15, -0.1) is 0 Å². The third-order valence-electron chi connectivity index (χ3n) is 4.39. The average Bonchev–Trinajstić information content (AvgIpc) is 3.06. The summed E-state index contributed by atoms with van der Waals surface area (Å²) in [5.74, 6) is -0.428. The number of carbonyl (C=O) groups excluding carboxylic acids is 2. The van der Waals surface area contributed by atoms with Gasteiger partial charge in [0.05, 0.1) is 11.7 Å². The number of pyridine rings is 1. The van der Waals surface area contributed by atoms with E-state index >= 15 is 0 Å². The number of fused-ring (bicyclic) bond motifs is 2. The van der Waals surface area contributed by atoms with Gasteiger partial charge in [0.2, 0.25) is 0 Å². The van der Waals surface area contributed by atoms with E-state index in [1.54, 1.807) is 12.1 Å². The second kappa shape index (κ2) is 5.44. The molecule has 2 fully saturated rings. The fourth-order valence-electron chi connectivity index (χ4n) is 3.50. The molecule has 2 heterocycles. The molecule has 2 aliphatic rings. The van der Waals surface area contributed by atoms with E-state index < -0.39 is 5.91 Å². The number of likely N-dealkylation sites (tertiary alicyclic amines) is 1. The van der Waals surface area contributed by atoms with Crippen LogP contribution in [0.2, 0.25) is 0 Å². The Morgan fingerprint density at radius 3 is 2.90 bits per heavy atom. The van der Waals surface area contributed by atoms with Crippen molar-refractivity contribution in [2.24, 2.45) is 11.7 Å². The minimum Gasteiger partial charge on any atom is -0.378 e. The highest BCUT2D eigenvalue weighted by atomic mass is 16.5. The molecule has 112 valence electrons. The molecule has 2 N–H and O–H groups in total. The lowest BCUT2D eigenvalue weighted by Crippen LogP contribution is -2.43. The van der Waals surface area contributed by atoms with Crippen LogP contribution in [-0.2, 0) is 4.74 Å². The number of amides is 2. The van der Waals surface area contributed by atoms with Gasteiger partial charge in [0, 0.05) is 31.3 Å². The Balaban J connectivity index is 1.78. The molecule has 0 radical (unpaired) electrons. The Labute approximate surface area is 123 Å². The standard InChI is InChI=1S/C15H19N3O3/c1-2-21-12-7-10-6-9(12)8-18(10)15(20)11-4-3-5-17-13(11)14(16)19/h3-5,9-10,12H,2,6-8H2,1H3,(H2,16,19)/t9?,10?,12-/m0/s1. The van der Waals surface area contributed by atoms with Gasteiger partial charge in [0.1, 0.15) is 5.69 Å². The second-order valence-corrected chi connectivity index (χ2v) is 5.60. The summed E-state index contributed by atoms with van der Waals surface area (Å²) in [6.45, 7) is 3.38. The largest absolute Gasteiger partial charge is 0.378 e. The maximum Gasteiger partial charge on any atom is 0.268 e. The summed E-state index contributed by atoms with van der Waals surface area (Å²) in [7, 11) is 0. The van der Waals surface area contributed by atoms with Crippen molar-refractivity contribution >= 4 is 11.8 Å². The molecule has 1 aliphatic heterocycles. The van der Waals surface area contributed by atoms with Gasteiger partial charge in [-0.1, -0.05) is 0 Å². The molecule has 6 nitrogen and oxygen atoms in total. The summed E-state index contributed by atoms with van der Waals surface area (Å²) < 4.78 is 5.71. The van der Waals surface area contributed by atoms with Crippen molar-refractivity contribution in [2.75, 3.05) is 13.2 Å². The molecular weight excluding hydrogens is 270 g/mol. The Hall–Kier alpha value is -1.95. The van der Waals surface area contributed by atoms with E-state index in [2.05, 4.69) is 4.98 Å². The molecule has 1 aliphatic carbocycles. The molecule has 6 heteroatoms. The van der Waals surface area contributed by atoms with Crippen LogP contribution >= 0.6 is 0 Å². The second-order valence-electron chi connectivity index (χ2n) is 5.60. The zero-order valence-electron chi connectivity index (χ0n) is 12.0. The Bertz CT molecular complexity index is 575. The van der Waals surface area contributed by atoms with Crippen LogP contribution in [0.3, 0.4) is 0 Å². The number of hydrogen-bond acceptors (Lipinski definition) is 4. The first-order valence-corrected chi connectivity index (χ1v) is 7.29. The lowest BCUT2D eigenvalue weighted by atomic mass is 10.0. The molecule has 1 aromatic rings. The lowest BCUT2D eigenvalue weighted by Gasteiger charge is -2.31. The maximum atomic E-state index is 12.7. The number of rotatable bonds is 4. The zero-order valence-corrected chi connectivity index (χ0v) is 12.0. The molecule has 2 bridgehead atoms. The maximum absolute atomic E-state index is 12.7. The van der Waals surface area contributed by atoms with Crippen molar-refractivity contribution in [3.05, 3.63) is 29.6 Å². The van der Waals surface area contributed by atoms with Gasteiger partial charge in [-0.2, -0.15) is 0 Å². The van der Waals surface area contributed by atoms with Gasteiger partial charge < -0.3 is 15.4 Å². The van der Waals surface area contributed by atoms with Crippen LogP contribution in [0.25, 0.3) is 0 Å². The van der Waals surface area contributed by atoms with Gasteiger partial charge in [-0.05, 0) is 31.9 Å². The van der Waals surface area contributed by atoms with E-state index in [9.17, 15) is 9.59 Å². The van der Waals surface area contributed by atoms with E-state index in [-0.39, 0.29) is 23.7 Å². The first kappa shape index (κ1) is 14.0. The predicted octanol–water partition coefficient (Wildman–Crippen LogP) is 0.820. The van der Waals surface area contributed by atoms with Crippen molar-refractivity contribution in [1.29, 1.82) is 0 Å². The molecule has 21 heavy (non-hydrogen) atoms. The summed E-state index contributed by atoms with van der Waals surface area (Å²) in [6.07, 6.45) is 3.57. The van der Waals surface area contributed by atoms with Gasteiger partial charge in [-0.3, -0.25) is 14.6 Å². The fraction of sp³-hybridized carbons (Fsp3) is 0.533. The number of hydrogen-bond donors (Lipinski definition) is 1. The summed E-state index contributed by atoms with van der Waals surface area (Å²) in [6, 6.07) is 3.46. The van der Waals surface area contributed by atoms with Crippen LogP contribution < -0.4 is 5.73 Å². The SMILES string of the molecule is CCO[C@H]1CC2CC1CN2C(=O)c1cccnc1C(N)=O. The first-order chi connectivity index (χ1) is 10.1. The smallest absolute Gasteiger partial charge is 0.268 e. The van der Waals surface area contributed by atoms with Gasteiger partial charge >= 0.3 is 0 Å². The molecule has 2 unspecified atom stereocenters. The fourth-order valence-corrected chi connectivity index (χ4v) is 3.50. The number of ether oxygens (including phenoxy) is 1. The molecule has 0 spiro atoms. The van der Waals surface area contributed by atoms with Crippen LogP contribution in [0.1, 0.15) is 40.6 Å². The van der Waals surface area contributed by atoms with Crippen molar-refractivity contribution in [3.8, 4) is 0 Å². The molecule has 1 saturated heterocycles. The minimum absolute atomic E-state index is 0.0478. The zero-order chi connectivity index (χ0) is 15.0.